The molecule has 0 aromatic heterocycles. The zero-order chi connectivity index (χ0) is 16.2. The first-order valence-corrected chi connectivity index (χ1v) is 6.81. The minimum Gasteiger partial charge on any atom is -0.453 e. The molecule has 0 aliphatic carbocycles. The number of halogens is 3. The third-order valence-electron chi connectivity index (χ3n) is 2.81. The van der Waals surface area contributed by atoms with E-state index in [0.717, 1.165) is 7.11 Å². The number of amides is 2. The predicted molar refractivity (Wildman–Crippen MR) is 78.0 cm³/mol. The van der Waals surface area contributed by atoms with Gasteiger partial charge in [0.05, 0.1) is 18.2 Å². The van der Waals surface area contributed by atoms with Gasteiger partial charge in [0.1, 0.15) is 5.82 Å². The normalized spacial score (nSPS) is 13.4. The fourth-order valence-corrected chi connectivity index (χ4v) is 2.22. The lowest BCUT2D eigenvalue weighted by Gasteiger charge is -2.20. The Morgan fingerprint density at radius 1 is 1.24 bits per heavy atom. The van der Waals surface area contributed by atoms with Crippen molar-refractivity contribution in [1.29, 1.82) is 0 Å². The van der Waals surface area contributed by atoms with Crippen molar-refractivity contribution in [2.45, 2.75) is 25.9 Å². The molecule has 0 unspecified atom stereocenters. The van der Waals surface area contributed by atoms with Crippen LogP contribution in [0.3, 0.4) is 0 Å². The average Bonchev–Trinajstić information content (AvgIpc) is 2.42. The molecule has 116 valence electrons. The molecule has 0 saturated heterocycles. The van der Waals surface area contributed by atoms with Crippen LogP contribution in [0.25, 0.3) is 0 Å². The first kappa shape index (κ1) is 17.7. The molecule has 0 bridgehead atoms. The van der Waals surface area contributed by atoms with Gasteiger partial charge in [-0.3, -0.25) is 15.4 Å². The lowest BCUT2D eigenvalue weighted by Crippen LogP contribution is -2.45. The molecule has 0 aliphatic heterocycles. The molecule has 1 aromatic carbocycles. The molecule has 2 N–H and O–H groups in total. The molecule has 2 amide bonds. The molecule has 0 aliphatic rings. The van der Waals surface area contributed by atoms with E-state index < -0.39 is 29.9 Å². The fraction of sp³-hybridized carbons (Fsp3) is 0.385. The number of hydrogen-bond acceptors (Lipinski definition) is 4. The van der Waals surface area contributed by atoms with E-state index >= 15 is 0 Å². The van der Waals surface area contributed by atoms with E-state index in [0.29, 0.717) is 5.56 Å². The standard InChI is InChI=1S/C13H15Cl2FN2O3/c1-6(8-4-11(16)10(15)5-9(8)14)17-7(2)12(19)18-13(20)21-3/h4-7,17H,1-3H3,(H,18,19,20)/t6-,7-/m1/s1. The summed E-state index contributed by atoms with van der Waals surface area (Å²) in [6.07, 6.45) is -0.850. The molecule has 0 heterocycles. The van der Waals surface area contributed by atoms with Gasteiger partial charge in [-0.15, -0.1) is 0 Å². The summed E-state index contributed by atoms with van der Waals surface area (Å²) in [5.74, 6) is -1.17. The van der Waals surface area contributed by atoms with Crippen molar-refractivity contribution in [3.05, 3.63) is 33.6 Å². The monoisotopic (exact) mass is 336 g/mol. The van der Waals surface area contributed by atoms with Gasteiger partial charge in [0.25, 0.3) is 0 Å². The van der Waals surface area contributed by atoms with Crippen LogP contribution in [0.4, 0.5) is 9.18 Å². The number of ether oxygens (including phenoxy) is 1. The van der Waals surface area contributed by atoms with Crippen LogP contribution in [0.15, 0.2) is 12.1 Å². The summed E-state index contributed by atoms with van der Waals surface area (Å²) in [5.41, 5.74) is 0.455. The molecule has 21 heavy (non-hydrogen) atoms. The number of nitrogens with one attached hydrogen (secondary N) is 2. The Kier molecular flexibility index (Phi) is 6.39. The Bertz CT molecular complexity index is 554. The molecule has 0 fully saturated rings. The zero-order valence-corrected chi connectivity index (χ0v) is 13.2. The molecule has 1 rings (SSSR count). The number of benzene rings is 1. The van der Waals surface area contributed by atoms with E-state index in [1.807, 2.05) is 5.32 Å². The number of carbonyl (C=O) groups is 2. The van der Waals surface area contributed by atoms with Crippen molar-refractivity contribution in [2.24, 2.45) is 0 Å². The topological polar surface area (TPSA) is 67.4 Å². The molecule has 0 radical (unpaired) electrons. The molecule has 0 saturated carbocycles. The van der Waals surface area contributed by atoms with Gasteiger partial charge in [-0.05, 0) is 31.5 Å². The highest BCUT2D eigenvalue weighted by Crippen LogP contribution is 2.28. The third-order valence-corrected chi connectivity index (χ3v) is 3.43. The number of methoxy groups -OCH3 is 1. The Hall–Kier alpha value is -1.37. The average molecular weight is 337 g/mol. The molecule has 8 heteroatoms. The van der Waals surface area contributed by atoms with Crippen LogP contribution in [-0.2, 0) is 9.53 Å². The van der Waals surface area contributed by atoms with Crippen LogP contribution in [0.1, 0.15) is 25.5 Å². The first-order chi connectivity index (χ1) is 9.76. The van der Waals surface area contributed by atoms with Crippen molar-refractivity contribution >= 4 is 35.2 Å². The Labute approximate surface area is 131 Å². The minimum atomic E-state index is -0.850. The lowest BCUT2D eigenvalue weighted by atomic mass is 10.1. The molecular formula is C13H15Cl2FN2O3. The van der Waals surface area contributed by atoms with E-state index in [1.54, 1.807) is 13.8 Å². The van der Waals surface area contributed by atoms with Crippen LogP contribution in [-0.4, -0.2) is 25.2 Å². The van der Waals surface area contributed by atoms with Crippen molar-refractivity contribution in [3.8, 4) is 0 Å². The largest absolute Gasteiger partial charge is 0.453 e. The molecule has 2 atom stereocenters. The summed E-state index contributed by atoms with van der Waals surface area (Å²) >= 11 is 11.6. The lowest BCUT2D eigenvalue weighted by molar-refractivity contribution is -0.122. The van der Waals surface area contributed by atoms with Gasteiger partial charge in [-0.2, -0.15) is 0 Å². The number of imide groups is 1. The van der Waals surface area contributed by atoms with Gasteiger partial charge in [0.2, 0.25) is 5.91 Å². The van der Waals surface area contributed by atoms with Crippen LogP contribution in [0, 0.1) is 5.82 Å². The van der Waals surface area contributed by atoms with Crippen molar-refractivity contribution in [1.82, 2.24) is 10.6 Å². The second-order valence-corrected chi connectivity index (χ2v) is 5.19. The Balaban J connectivity index is 2.77. The summed E-state index contributed by atoms with van der Waals surface area (Å²) in [7, 11) is 1.15. The van der Waals surface area contributed by atoms with E-state index in [4.69, 9.17) is 23.2 Å². The SMILES string of the molecule is COC(=O)NC(=O)[C@@H](C)N[C@H](C)c1cc(F)c(Cl)cc1Cl. The van der Waals surface area contributed by atoms with Gasteiger partial charge in [0, 0.05) is 11.1 Å². The van der Waals surface area contributed by atoms with Crippen LogP contribution < -0.4 is 10.6 Å². The third kappa shape index (κ3) is 4.84. The maximum absolute atomic E-state index is 13.5. The predicted octanol–water partition coefficient (Wildman–Crippen LogP) is 3.05. The van der Waals surface area contributed by atoms with E-state index in [9.17, 15) is 14.0 Å². The van der Waals surface area contributed by atoms with Crippen molar-refractivity contribution in [2.75, 3.05) is 7.11 Å². The summed E-state index contributed by atoms with van der Waals surface area (Å²) in [6, 6.07) is 1.36. The first-order valence-electron chi connectivity index (χ1n) is 6.05. The molecular weight excluding hydrogens is 322 g/mol. The van der Waals surface area contributed by atoms with Gasteiger partial charge >= 0.3 is 6.09 Å². The molecule has 0 spiro atoms. The second-order valence-electron chi connectivity index (χ2n) is 4.38. The van der Waals surface area contributed by atoms with E-state index in [-0.39, 0.29) is 10.0 Å². The van der Waals surface area contributed by atoms with Crippen molar-refractivity contribution < 1.29 is 18.7 Å². The quantitative estimate of drug-likeness (QED) is 0.829. The highest BCUT2D eigenvalue weighted by atomic mass is 35.5. The van der Waals surface area contributed by atoms with Gasteiger partial charge < -0.3 is 4.74 Å². The second kappa shape index (κ2) is 7.59. The van der Waals surface area contributed by atoms with Crippen molar-refractivity contribution in [3.63, 3.8) is 0 Å². The van der Waals surface area contributed by atoms with Crippen LogP contribution in [0.2, 0.25) is 10.0 Å². The summed E-state index contributed by atoms with van der Waals surface area (Å²) in [5, 5.41) is 5.13. The van der Waals surface area contributed by atoms with E-state index in [2.05, 4.69) is 10.1 Å². The van der Waals surface area contributed by atoms with Gasteiger partial charge in [-0.25, -0.2) is 9.18 Å². The maximum atomic E-state index is 13.5. The Morgan fingerprint density at radius 2 is 1.86 bits per heavy atom. The summed E-state index contributed by atoms with van der Waals surface area (Å²) < 4.78 is 17.8. The molecule has 1 aromatic rings. The maximum Gasteiger partial charge on any atom is 0.413 e. The van der Waals surface area contributed by atoms with Crippen LogP contribution >= 0.6 is 23.2 Å². The Morgan fingerprint density at radius 3 is 2.43 bits per heavy atom. The van der Waals surface area contributed by atoms with E-state index in [1.165, 1.54) is 12.1 Å². The smallest absolute Gasteiger partial charge is 0.413 e. The number of hydrogen-bond donors (Lipinski definition) is 2. The van der Waals surface area contributed by atoms with Gasteiger partial charge in [-0.1, -0.05) is 23.2 Å². The number of carbonyl (C=O) groups excluding carboxylic acids is 2. The number of rotatable bonds is 4. The zero-order valence-electron chi connectivity index (χ0n) is 11.7. The minimum absolute atomic E-state index is 0.0765. The highest BCUT2D eigenvalue weighted by molar-refractivity contribution is 6.35. The molecule has 5 nitrogen and oxygen atoms in total. The summed E-state index contributed by atoms with van der Waals surface area (Å²) in [6.45, 7) is 3.26. The number of alkyl carbamates (subject to hydrolysis) is 1. The van der Waals surface area contributed by atoms with Gasteiger partial charge in [0.15, 0.2) is 0 Å². The summed E-state index contributed by atoms with van der Waals surface area (Å²) in [4.78, 5) is 22.6. The van der Waals surface area contributed by atoms with Crippen LogP contribution in [0.5, 0.6) is 0 Å². The highest BCUT2D eigenvalue weighted by Gasteiger charge is 2.20. The fourth-order valence-electron chi connectivity index (χ4n) is 1.67.